The van der Waals surface area contributed by atoms with Gasteiger partial charge in [0.05, 0.1) is 0 Å². The Bertz CT molecular complexity index is 698. The maximum Gasteiger partial charge on any atom is 0.434 e. The van der Waals surface area contributed by atoms with Gasteiger partial charge in [0.15, 0.2) is 0 Å². The Balaban J connectivity index is 1.91. The number of carbonyl (C=O) groups is 1. The molecule has 0 aliphatic carbocycles. The summed E-state index contributed by atoms with van der Waals surface area (Å²) in [5.74, 6) is 5.76. The largest absolute Gasteiger partial charge is 0.434 e. The van der Waals surface area contributed by atoms with Crippen molar-refractivity contribution in [3.05, 3.63) is 34.9 Å². The molecule has 3 nitrogen and oxygen atoms in total. The van der Waals surface area contributed by atoms with Crippen LogP contribution in [0.2, 0.25) is 5.02 Å². The molecule has 0 unspecified atom stereocenters. The summed E-state index contributed by atoms with van der Waals surface area (Å²) in [6.45, 7) is -0.0809. The summed E-state index contributed by atoms with van der Waals surface area (Å²) >= 11 is 5.76. The van der Waals surface area contributed by atoms with Crippen molar-refractivity contribution in [3.8, 4) is 11.8 Å². The third-order valence-electron chi connectivity index (χ3n) is 3.83. The zero-order chi connectivity index (χ0) is 20.2. The highest BCUT2D eigenvalue weighted by Crippen LogP contribution is 2.36. The second-order valence-electron chi connectivity index (χ2n) is 5.88. The Morgan fingerprint density at radius 3 is 2.07 bits per heavy atom. The van der Waals surface area contributed by atoms with E-state index in [-0.39, 0.29) is 19.0 Å². The van der Waals surface area contributed by atoms with Gasteiger partial charge in [-0.1, -0.05) is 23.4 Å². The number of nitrogens with zero attached hydrogens (tertiary/aromatic N) is 1. The highest BCUT2D eigenvalue weighted by molar-refractivity contribution is 6.30. The quantitative estimate of drug-likeness (QED) is 0.477. The lowest BCUT2D eigenvalue weighted by molar-refractivity contribution is -0.308. The summed E-state index contributed by atoms with van der Waals surface area (Å²) in [5, 5.41) is 0.559. The van der Waals surface area contributed by atoms with Crippen molar-refractivity contribution in [1.29, 1.82) is 0 Å². The van der Waals surface area contributed by atoms with Crippen molar-refractivity contribution in [1.82, 2.24) is 4.90 Å². The molecule has 0 spiro atoms. The summed E-state index contributed by atoms with van der Waals surface area (Å²) in [6, 6.07) is 6.77. The number of alkyl halides is 6. The van der Waals surface area contributed by atoms with Crippen LogP contribution in [0.5, 0.6) is 0 Å². The predicted molar refractivity (Wildman–Crippen MR) is 85.0 cm³/mol. The van der Waals surface area contributed by atoms with E-state index in [0.717, 1.165) is 10.5 Å². The number of amides is 1. The molecule has 148 valence electrons. The van der Waals surface area contributed by atoms with Crippen molar-refractivity contribution >= 4 is 17.7 Å². The summed E-state index contributed by atoms with van der Waals surface area (Å²) in [5.41, 5.74) is 0.722. The van der Waals surface area contributed by atoms with Crippen LogP contribution >= 0.6 is 11.6 Å². The number of likely N-dealkylation sites (tertiary alicyclic amines) is 1. The number of rotatable bonds is 1. The van der Waals surface area contributed by atoms with E-state index in [1.54, 1.807) is 24.3 Å². The molecule has 0 aromatic heterocycles. The molecule has 0 atom stereocenters. The fraction of sp³-hybridized carbons (Fsp3) is 0.471. The first kappa shape index (κ1) is 21.2. The topological polar surface area (TPSA) is 29.5 Å². The highest BCUT2D eigenvalue weighted by atomic mass is 35.5. The van der Waals surface area contributed by atoms with Crippen molar-refractivity contribution in [2.24, 2.45) is 5.92 Å². The lowest BCUT2D eigenvalue weighted by Crippen LogP contribution is -2.49. The number of piperidine rings is 1. The van der Waals surface area contributed by atoms with E-state index in [0.29, 0.717) is 17.9 Å². The van der Waals surface area contributed by atoms with Crippen LogP contribution in [0.4, 0.5) is 31.1 Å². The zero-order valence-electron chi connectivity index (χ0n) is 13.7. The summed E-state index contributed by atoms with van der Waals surface area (Å²) < 4.78 is 78.4. The Kier molecular flexibility index (Phi) is 6.52. The molecule has 1 aliphatic rings. The molecule has 1 aromatic carbocycles. The molecule has 0 radical (unpaired) electrons. The van der Waals surface area contributed by atoms with Crippen molar-refractivity contribution < 1.29 is 35.9 Å². The summed E-state index contributed by atoms with van der Waals surface area (Å²) in [4.78, 5) is 12.5. The average Bonchev–Trinajstić information content (AvgIpc) is 2.57. The van der Waals surface area contributed by atoms with E-state index in [4.69, 9.17) is 11.6 Å². The molecule has 1 heterocycles. The molecular weight excluding hydrogens is 400 g/mol. The second-order valence-corrected chi connectivity index (χ2v) is 6.32. The van der Waals surface area contributed by atoms with Crippen LogP contribution in [0, 0.1) is 17.8 Å². The van der Waals surface area contributed by atoms with Gasteiger partial charge in [0, 0.05) is 29.6 Å². The van der Waals surface area contributed by atoms with E-state index in [1.807, 2.05) is 0 Å². The fourth-order valence-electron chi connectivity index (χ4n) is 2.42. The molecular formula is C17H14ClF6NO2. The van der Waals surface area contributed by atoms with E-state index in [1.165, 1.54) is 0 Å². The van der Waals surface area contributed by atoms with Crippen LogP contribution in [0.25, 0.3) is 0 Å². The van der Waals surface area contributed by atoms with Gasteiger partial charge < -0.3 is 9.64 Å². The first-order valence-corrected chi connectivity index (χ1v) is 8.20. The normalized spacial score (nSPS) is 16.1. The zero-order valence-corrected chi connectivity index (χ0v) is 14.5. The average molecular weight is 414 g/mol. The molecule has 10 heteroatoms. The molecule has 1 saturated heterocycles. The molecule has 2 rings (SSSR count). The van der Waals surface area contributed by atoms with Gasteiger partial charge >= 0.3 is 18.4 Å². The molecule has 0 saturated carbocycles. The number of ether oxygens (including phenoxy) is 1. The van der Waals surface area contributed by atoms with Gasteiger partial charge in [0.25, 0.3) is 6.10 Å². The second kappa shape index (κ2) is 8.30. The van der Waals surface area contributed by atoms with E-state index in [9.17, 15) is 31.1 Å². The lowest BCUT2D eigenvalue weighted by atomic mass is 9.97. The molecule has 0 N–H and O–H groups in total. The number of benzene rings is 1. The first-order valence-electron chi connectivity index (χ1n) is 7.83. The third kappa shape index (κ3) is 6.24. The lowest BCUT2D eigenvalue weighted by Gasteiger charge is -2.31. The maximum absolute atomic E-state index is 12.4. The fourth-order valence-corrected chi connectivity index (χ4v) is 2.55. The summed E-state index contributed by atoms with van der Waals surface area (Å²) in [7, 11) is 0. The van der Waals surface area contributed by atoms with Gasteiger partial charge in [-0.3, -0.25) is 0 Å². The van der Waals surface area contributed by atoms with Gasteiger partial charge in [-0.25, -0.2) is 4.79 Å². The van der Waals surface area contributed by atoms with Crippen LogP contribution in [0.1, 0.15) is 18.4 Å². The minimum absolute atomic E-state index is 0.0404. The van der Waals surface area contributed by atoms with Crippen LogP contribution < -0.4 is 0 Å². The number of hydrogen-bond donors (Lipinski definition) is 0. The minimum Gasteiger partial charge on any atom is -0.426 e. The van der Waals surface area contributed by atoms with Gasteiger partial charge in [-0.05, 0) is 37.1 Å². The van der Waals surface area contributed by atoms with E-state index >= 15 is 0 Å². The SMILES string of the molecule is O=C(OC(C(F)(F)F)C(F)(F)F)N1CCC(C#Cc2ccc(Cl)cc2)CC1. The van der Waals surface area contributed by atoms with Crippen LogP contribution in [0.3, 0.4) is 0 Å². The van der Waals surface area contributed by atoms with Gasteiger partial charge in [0.1, 0.15) is 0 Å². The third-order valence-corrected chi connectivity index (χ3v) is 4.08. The smallest absolute Gasteiger partial charge is 0.426 e. The summed E-state index contributed by atoms with van der Waals surface area (Å²) in [6.07, 6.45) is -16.6. The first-order chi connectivity index (χ1) is 12.5. The molecule has 1 aliphatic heterocycles. The van der Waals surface area contributed by atoms with Crippen LogP contribution in [0.15, 0.2) is 24.3 Å². The van der Waals surface area contributed by atoms with Gasteiger partial charge in [-0.2, -0.15) is 26.3 Å². The number of halogens is 7. The number of carbonyl (C=O) groups excluding carboxylic acids is 1. The standard InChI is InChI=1S/C17H14ClF6NO2/c18-13-5-3-11(4-6-13)1-2-12-7-9-25(10-8-12)15(26)27-14(16(19,20)21)17(22,23)24/h3-6,12,14H,7-10H2. The Morgan fingerprint density at radius 2 is 1.59 bits per heavy atom. The van der Waals surface area contributed by atoms with Crippen LogP contribution in [-0.2, 0) is 4.74 Å². The molecule has 1 aromatic rings. The molecule has 1 amide bonds. The Labute approximate surface area is 156 Å². The van der Waals surface area contributed by atoms with Crippen LogP contribution in [-0.4, -0.2) is 42.5 Å². The highest BCUT2D eigenvalue weighted by Gasteiger charge is 2.60. The van der Waals surface area contributed by atoms with Crippen molar-refractivity contribution in [3.63, 3.8) is 0 Å². The predicted octanol–water partition coefficient (Wildman–Crippen LogP) is 5.03. The molecule has 27 heavy (non-hydrogen) atoms. The van der Waals surface area contributed by atoms with Crippen molar-refractivity contribution in [2.75, 3.05) is 13.1 Å². The monoisotopic (exact) mass is 413 g/mol. The van der Waals surface area contributed by atoms with Gasteiger partial charge in [0.2, 0.25) is 0 Å². The number of hydrogen-bond acceptors (Lipinski definition) is 2. The minimum atomic E-state index is -5.73. The Morgan fingerprint density at radius 1 is 1.07 bits per heavy atom. The van der Waals surface area contributed by atoms with Gasteiger partial charge in [-0.15, -0.1) is 0 Å². The molecule has 1 fully saturated rings. The van der Waals surface area contributed by atoms with Crippen molar-refractivity contribution in [2.45, 2.75) is 31.3 Å². The Hall–Kier alpha value is -2.08. The maximum atomic E-state index is 12.4. The molecule has 0 bridgehead atoms. The van der Waals surface area contributed by atoms with E-state index < -0.39 is 24.5 Å². The van der Waals surface area contributed by atoms with E-state index in [2.05, 4.69) is 16.6 Å².